The predicted octanol–water partition coefficient (Wildman–Crippen LogP) is 2.37. The first kappa shape index (κ1) is 21.5. The van der Waals surface area contributed by atoms with E-state index in [-0.39, 0.29) is 0 Å². The summed E-state index contributed by atoms with van der Waals surface area (Å²) < 4.78 is 5.63. The van der Waals surface area contributed by atoms with Gasteiger partial charge in [-0.25, -0.2) is 0 Å². The Kier molecular flexibility index (Phi) is 7.98. The fourth-order valence-electron chi connectivity index (χ4n) is 4.93. The van der Waals surface area contributed by atoms with Gasteiger partial charge in [-0.3, -0.25) is 14.7 Å². The summed E-state index contributed by atoms with van der Waals surface area (Å²) in [5, 5.41) is 0. The number of nitrogens with zero attached hydrogens (tertiary/aromatic N) is 4. The lowest BCUT2D eigenvalue weighted by molar-refractivity contribution is 0.0000551. The normalized spacial score (nSPS) is 26.7. The smallest absolute Gasteiger partial charge is 0.0594 e. The average Bonchev–Trinajstić information content (AvgIpc) is 2.61. The van der Waals surface area contributed by atoms with E-state index in [1.807, 2.05) is 0 Å². The number of rotatable bonds is 9. The number of hydrogen-bond donors (Lipinski definition) is 0. The molecule has 0 aromatic rings. The van der Waals surface area contributed by atoms with Crippen LogP contribution >= 0.6 is 0 Å². The Balaban J connectivity index is 1.50. The summed E-state index contributed by atoms with van der Waals surface area (Å²) in [5.41, 5.74) is 0.367. The molecule has 0 spiro atoms. The molecule has 0 radical (unpaired) electrons. The molecule has 27 heavy (non-hydrogen) atoms. The average molecular weight is 381 g/mol. The third kappa shape index (κ3) is 6.14. The third-order valence-corrected chi connectivity index (χ3v) is 7.44. The standard InChI is InChI=1S/C22H44N4O/c1-20(24-14-12-23(4)13-15-24)6-7-21(25-16-18-27-19-17-25)8-9-22(2,3)26-10-5-11-26/h20-21H,5-19H2,1-4H3. The van der Waals surface area contributed by atoms with Crippen LogP contribution in [0.15, 0.2) is 0 Å². The second kappa shape index (κ2) is 10.0. The van der Waals surface area contributed by atoms with Gasteiger partial charge in [-0.15, -0.1) is 0 Å². The zero-order valence-corrected chi connectivity index (χ0v) is 18.5. The summed E-state index contributed by atoms with van der Waals surface area (Å²) in [6, 6.07) is 1.44. The second-order valence-electron chi connectivity index (χ2n) is 9.76. The van der Waals surface area contributed by atoms with Gasteiger partial charge in [0.2, 0.25) is 0 Å². The molecule has 0 aromatic carbocycles. The maximum atomic E-state index is 5.63. The molecular weight excluding hydrogens is 336 g/mol. The Labute approximate surface area is 168 Å². The van der Waals surface area contributed by atoms with Gasteiger partial charge in [0.05, 0.1) is 13.2 Å². The monoisotopic (exact) mass is 380 g/mol. The lowest BCUT2D eigenvalue weighted by Gasteiger charge is -2.46. The number of morpholine rings is 1. The summed E-state index contributed by atoms with van der Waals surface area (Å²) in [6.07, 6.45) is 6.70. The SMILES string of the molecule is CC(CCC(CCC(C)(C)N1CCC1)N1CCOCC1)N1CCN(C)CC1. The largest absolute Gasteiger partial charge is 0.379 e. The van der Waals surface area contributed by atoms with Gasteiger partial charge in [-0.05, 0) is 73.0 Å². The summed E-state index contributed by atoms with van der Waals surface area (Å²) in [6.45, 7) is 19.0. The predicted molar refractivity (Wildman–Crippen MR) is 113 cm³/mol. The molecule has 2 unspecified atom stereocenters. The summed E-state index contributed by atoms with van der Waals surface area (Å²) >= 11 is 0. The van der Waals surface area contributed by atoms with Crippen molar-refractivity contribution in [3.63, 3.8) is 0 Å². The number of likely N-dealkylation sites (N-methyl/N-ethyl adjacent to an activating group) is 1. The van der Waals surface area contributed by atoms with E-state index >= 15 is 0 Å². The van der Waals surface area contributed by atoms with E-state index in [0.717, 1.165) is 32.3 Å². The molecule has 158 valence electrons. The van der Waals surface area contributed by atoms with Crippen LogP contribution in [0.1, 0.15) is 52.9 Å². The van der Waals surface area contributed by atoms with E-state index in [0.29, 0.717) is 11.6 Å². The van der Waals surface area contributed by atoms with Crippen LogP contribution in [0.5, 0.6) is 0 Å². The van der Waals surface area contributed by atoms with E-state index in [4.69, 9.17) is 4.74 Å². The molecule has 5 nitrogen and oxygen atoms in total. The molecule has 3 heterocycles. The minimum atomic E-state index is 0.367. The van der Waals surface area contributed by atoms with Crippen LogP contribution in [-0.4, -0.2) is 110 Å². The summed E-state index contributed by atoms with van der Waals surface area (Å²) in [5.74, 6) is 0. The van der Waals surface area contributed by atoms with Gasteiger partial charge in [0.1, 0.15) is 0 Å². The quantitative estimate of drug-likeness (QED) is 0.611. The highest BCUT2D eigenvalue weighted by atomic mass is 16.5. The van der Waals surface area contributed by atoms with Crippen molar-refractivity contribution in [2.75, 3.05) is 72.6 Å². The molecule has 3 rings (SSSR count). The van der Waals surface area contributed by atoms with Crippen molar-refractivity contribution in [1.82, 2.24) is 19.6 Å². The lowest BCUT2D eigenvalue weighted by atomic mass is 9.88. The molecule has 0 saturated carbocycles. The number of hydrogen-bond acceptors (Lipinski definition) is 5. The zero-order valence-electron chi connectivity index (χ0n) is 18.5. The maximum Gasteiger partial charge on any atom is 0.0594 e. The van der Waals surface area contributed by atoms with E-state index < -0.39 is 0 Å². The van der Waals surface area contributed by atoms with Crippen LogP contribution in [-0.2, 0) is 4.74 Å². The van der Waals surface area contributed by atoms with Crippen molar-refractivity contribution in [2.24, 2.45) is 0 Å². The van der Waals surface area contributed by atoms with Crippen LogP contribution in [0.3, 0.4) is 0 Å². The maximum absolute atomic E-state index is 5.63. The van der Waals surface area contributed by atoms with Crippen molar-refractivity contribution < 1.29 is 4.74 Å². The third-order valence-electron chi connectivity index (χ3n) is 7.44. The second-order valence-corrected chi connectivity index (χ2v) is 9.76. The summed E-state index contributed by atoms with van der Waals surface area (Å²) in [4.78, 5) is 10.6. The highest BCUT2D eigenvalue weighted by Gasteiger charge is 2.32. The van der Waals surface area contributed by atoms with Gasteiger partial charge in [0, 0.05) is 56.9 Å². The fraction of sp³-hybridized carbons (Fsp3) is 1.00. The first-order chi connectivity index (χ1) is 13.0. The summed E-state index contributed by atoms with van der Waals surface area (Å²) in [7, 11) is 2.25. The van der Waals surface area contributed by atoms with Crippen molar-refractivity contribution in [3.8, 4) is 0 Å². The van der Waals surface area contributed by atoms with Gasteiger partial charge < -0.3 is 9.64 Å². The zero-order chi connectivity index (χ0) is 19.3. The molecule has 5 heteroatoms. The lowest BCUT2D eigenvalue weighted by Crippen LogP contribution is -2.53. The van der Waals surface area contributed by atoms with Crippen molar-refractivity contribution >= 4 is 0 Å². The molecule has 0 bridgehead atoms. The Morgan fingerprint density at radius 1 is 0.815 bits per heavy atom. The minimum Gasteiger partial charge on any atom is -0.379 e. The molecule has 0 aliphatic carbocycles. The van der Waals surface area contributed by atoms with E-state index in [2.05, 4.69) is 47.4 Å². The molecule has 0 aromatic heterocycles. The Morgan fingerprint density at radius 3 is 2.07 bits per heavy atom. The van der Waals surface area contributed by atoms with Crippen LogP contribution in [0.25, 0.3) is 0 Å². The Bertz CT molecular complexity index is 426. The molecule has 0 N–H and O–H groups in total. The van der Waals surface area contributed by atoms with Crippen LogP contribution in [0.2, 0.25) is 0 Å². The van der Waals surface area contributed by atoms with E-state index in [9.17, 15) is 0 Å². The highest BCUT2D eigenvalue weighted by Crippen LogP contribution is 2.29. The minimum absolute atomic E-state index is 0.367. The van der Waals surface area contributed by atoms with Gasteiger partial charge in [0.25, 0.3) is 0 Å². The number of ether oxygens (including phenoxy) is 1. The topological polar surface area (TPSA) is 22.2 Å². The first-order valence-corrected chi connectivity index (χ1v) is 11.5. The Hall–Kier alpha value is -0.200. The molecule has 2 atom stereocenters. The molecule has 3 aliphatic heterocycles. The van der Waals surface area contributed by atoms with E-state index in [1.165, 1.54) is 71.4 Å². The highest BCUT2D eigenvalue weighted by molar-refractivity contribution is 4.89. The van der Waals surface area contributed by atoms with E-state index in [1.54, 1.807) is 0 Å². The molecule has 3 fully saturated rings. The van der Waals surface area contributed by atoms with Crippen molar-refractivity contribution in [3.05, 3.63) is 0 Å². The molecule has 0 amide bonds. The van der Waals surface area contributed by atoms with Gasteiger partial charge >= 0.3 is 0 Å². The van der Waals surface area contributed by atoms with Gasteiger partial charge in [-0.1, -0.05) is 0 Å². The van der Waals surface area contributed by atoms with Gasteiger partial charge in [-0.2, -0.15) is 0 Å². The molecule has 3 saturated heterocycles. The fourth-order valence-corrected chi connectivity index (χ4v) is 4.93. The van der Waals surface area contributed by atoms with Crippen molar-refractivity contribution in [1.29, 1.82) is 0 Å². The first-order valence-electron chi connectivity index (χ1n) is 11.5. The van der Waals surface area contributed by atoms with Crippen LogP contribution in [0.4, 0.5) is 0 Å². The van der Waals surface area contributed by atoms with Gasteiger partial charge in [0.15, 0.2) is 0 Å². The van der Waals surface area contributed by atoms with Crippen molar-refractivity contribution in [2.45, 2.75) is 70.5 Å². The molecular formula is C22H44N4O. The number of likely N-dealkylation sites (tertiary alicyclic amines) is 1. The Morgan fingerprint density at radius 2 is 1.48 bits per heavy atom. The number of piperazine rings is 1. The van der Waals surface area contributed by atoms with Crippen LogP contribution in [0, 0.1) is 0 Å². The molecule has 3 aliphatic rings. The van der Waals surface area contributed by atoms with Crippen LogP contribution < -0.4 is 0 Å².